The van der Waals surface area contributed by atoms with Crippen molar-refractivity contribution in [1.82, 2.24) is 0 Å². The summed E-state index contributed by atoms with van der Waals surface area (Å²) in [6.07, 6.45) is 2.18. The van der Waals surface area contributed by atoms with Crippen molar-refractivity contribution in [2.75, 3.05) is 6.61 Å². The Bertz CT molecular complexity index is 315. The molecule has 0 bridgehead atoms. The first-order chi connectivity index (χ1) is 7.24. The van der Waals surface area contributed by atoms with Crippen molar-refractivity contribution in [2.45, 2.75) is 25.0 Å². The monoisotopic (exact) mass is 393 g/mol. The van der Waals surface area contributed by atoms with E-state index in [0.717, 1.165) is 12.8 Å². The molecule has 1 aliphatic heterocycles. The molecule has 1 heterocycles. The maximum atomic E-state index is 12.6. The Hall–Kier alpha value is -0.402. The van der Waals surface area contributed by atoms with E-state index in [1.54, 1.807) is 12.1 Å². The Balaban J connectivity index is 0.00000128. The second-order valence-electron chi connectivity index (χ2n) is 3.72. The topological polar surface area (TPSA) is 18.5 Å². The standard InChI is InChI=1S/C12H14FO2.W/c1-9-2-5-12(15-9)8-14-11-6-3-10(13)4-7-11;/h3-4,6-7,9,12H,1-2,5,8H2;/q-1;+2. The van der Waals surface area contributed by atoms with E-state index in [1.807, 2.05) is 0 Å². The molecule has 0 saturated carbocycles. The number of benzene rings is 1. The van der Waals surface area contributed by atoms with Crippen LogP contribution in [0.3, 0.4) is 0 Å². The molecule has 1 saturated heterocycles. The Morgan fingerprint density at radius 3 is 2.56 bits per heavy atom. The predicted octanol–water partition coefficient (Wildman–Crippen LogP) is 2.58. The van der Waals surface area contributed by atoms with Crippen molar-refractivity contribution in [3.8, 4) is 5.75 Å². The minimum absolute atomic E-state index is 0. The van der Waals surface area contributed by atoms with Crippen LogP contribution in [0.1, 0.15) is 12.8 Å². The molecule has 4 heteroatoms. The molecule has 0 N–H and O–H groups in total. The van der Waals surface area contributed by atoms with Gasteiger partial charge in [0.25, 0.3) is 0 Å². The maximum absolute atomic E-state index is 12.6. The van der Waals surface area contributed by atoms with Gasteiger partial charge in [-0.3, -0.25) is 0 Å². The van der Waals surface area contributed by atoms with Gasteiger partial charge in [-0.1, -0.05) is 12.5 Å². The molecule has 1 aromatic carbocycles. The molecule has 2 rings (SSSR count). The molecule has 1 aromatic rings. The minimum atomic E-state index is -0.253. The number of halogens is 1. The third kappa shape index (κ3) is 3.88. The molecular formula is C12H14FO2W+. The average Bonchev–Trinajstić information content (AvgIpc) is 2.64. The zero-order valence-electron chi connectivity index (χ0n) is 8.90. The molecule has 2 atom stereocenters. The van der Waals surface area contributed by atoms with E-state index in [1.165, 1.54) is 12.1 Å². The van der Waals surface area contributed by atoms with Crippen LogP contribution in [-0.4, -0.2) is 18.8 Å². The van der Waals surface area contributed by atoms with Crippen molar-refractivity contribution < 1.29 is 34.9 Å². The van der Waals surface area contributed by atoms with Gasteiger partial charge in [0.05, 0.1) is 6.10 Å². The molecule has 0 aromatic heterocycles. The molecule has 1 aliphatic rings. The first kappa shape index (κ1) is 13.7. The number of ether oxygens (including phenoxy) is 2. The van der Waals surface area contributed by atoms with Gasteiger partial charge < -0.3 is 16.4 Å². The molecule has 0 spiro atoms. The van der Waals surface area contributed by atoms with Crippen LogP contribution in [0.5, 0.6) is 5.75 Å². The normalized spacial score (nSPS) is 23.9. The fourth-order valence-corrected chi connectivity index (χ4v) is 1.62. The van der Waals surface area contributed by atoms with Crippen LogP contribution in [0.4, 0.5) is 4.39 Å². The first-order valence-corrected chi connectivity index (χ1v) is 5.11. The van der Waals surface area contributed by atoms with Crippen molar-refractivity contribution in [3.63, 3.8) is 0 Å². The van der Waals surface area contributed by atoms with Gasteiger partial charge in [-0.2, -0.15) is 0 Å². The summed E-state index contributed by atoms with van der Waals surface area (Å²) in [4.78, 5) is 0. The van der Waals surface area contributed by atoms with Crippen molar-refractivity contribution in [1.29, 1.82) is 0 Å². The van der Waals surface area contributed by atoms with E-state index in [2.05, 4.69) is 6.92 Å². The van der Waals surface area contributed by atoms with E-state index in [4.69, 9.17) is 9.47 Å². The molecular weight excluding hydrogens is 379 g/mol. The predicted molar refractivity (Wildman–Crippen MR) is 55.1 cm³/mol. The number of hydrogen-bond donors (Lipinski definition) is 0. The van der Waals surface area contributed by atoms with Gasteiger partial charge in [-0.25, -0.2) is 4.39 Å². The van der Waals surface area contributed by atoms with E-state index in [0.29, 0.717) is 12.4 Å². The van der Waals surface area contributed by atoms with E-state index in [-0.39, 0.29) is 39.1 Å². The van der Waals surface area contributed by atoms with Crippen molar-refractivity contribution in [3.05, 3.63) is 37.0 Å². The third-order valence-corrected chi connectivity index (χ3v) is 2.45. The fraction of sp³-hybridized carbons (Fsp3) is 0.417. The molecule has 0 radical (unpaired) electrons. The van der Waals surface area contributed by atoms with Crippen molar-refractivity contribution in [2.24, 2.45) is 0 Å². The zero-order chi connectivity index (χ0) is 10.7. The Morgan fingerprint density at radius 1 is 1.31 bits per heavy atom. The van der Waals surface area contributed by atoms with Gasteiger partial charge >= 0.3 is 21.1 Å². The fourth-order valence-electron chi connectivity index (χ4n) is 1.62. The number of hydrogen-bond acceptors (Lipinski definition) is 2. The smallest absolute Gasteiger partial charge is 0.491 e. The Kier molecular flexibility index (Phi) is 5.43. The van der Waals surface area contributed by atoms with Crippen molar-refractivity contribution >= 4 is 0 Å². The van der Waals surface area contributed by atoms with Gasteiger partial charge in [0.2, 0.25) is 0 Å². The second-order valence-corrected chi connectivity index (χ2v) is 3.72. The zero-order valence-corrected chi connectivity index (χ0v) is 11.8. The molecule has 2 unspecified atom stereocenters. The molecule has 0 aliphatic carbocycles. The van der Waals surface area contributed by atoms with Gasteiger partial charge in [-0.15, -0.1) is 0 Å². The molecule has 1 fully saturated rings. The largest absolute Gasteiger partial charge is 2.00 e. The Labute approximate surface area is 109 Å². The summed E-state index contributed by atoms with van der Waals surface area (Å²) in [5.74, 6) is 0.421. The van der Waals surface area contributed by atoms with E-state index < -0.39 is 0 Å². The summed E-state index contributed by atoms with van der Waals surface area (Å²) in [6.45, 7) is 4.34. The molecule has 16 heavy (non-hydrogen) atoms. The summed E-state index contributed by atoms with van der Waals surface area (Å²) in [7, 11) is 0. The minimum Gasteiger partial charge on any atom is -0.491 e. The van der Waals surface area contributed by atoms with Crippen LogP contribution in [0.2, 0.25) is 0 Å². The summed E-state index contributed by atoms with van der Waals surface area (Å²) < 4.78 is 23.6. The van der Waals surface area contributed by atoms with Crippen LogP contribution < -0.4 is 4.74 Å². The SMILES string of the molecule is [CH2-]C1CCC(COc2ccc(F)cc2)O1.[W+2]. The number of rotatable bonds is 3. The summed E-state index contributed by atoms with van der Waals surface area (Å²) >= 11 is 0. The molecule has 0 amide bonds. The van der Waals surface area contributed by atoms with Gasteiger partial charge in [0, 0.05) is 0 Å². The van der Waals surface area contributed by atoms with Gasteiger partial charge in [-0.05, 0) is 30.7 Å². The van der Waals surface area contributed by atoms with Crippen LogP contribution in [-0.2, 0) is 25.8 Å². The second kappa shape index (κ2) is 6.36. The van der Waals surface area contributed by atoms with Gasteiger partial charge in [0.15, 0.2) is 0 Å². The Morgan fingerprint density at radius 2 is 2.00 bits per heavy atom. The van der Waals surface area contributed by atoms with Crippen LogP contribution in [0.25, 0.3) is 0 Å². The summed E-state index contributed by atoms with van der Waals surface area (Å²) in [6, 6.07) is 6.00. The molecule has 2 nitrogen and oxygen atoms in total. The van der Waals surface area contributed by atoms with Crippen LogP contribution >= 0.6 is 0 Å². The van der Waals surface area contributed by atoms with E-state index in [9.17, 15) is 4.39 Å². The van der Waals surface area contributed by atoms with Crippen LogP contribution in [0.15, 0.2) is 24.3 Å². The van der Waals surface area contributed by atoms with E-state index >= 15 is 0 Å². The average molecular weight is 393 g/mol. The maximum Gasteiger partial charge on any atom is 2.00 e. The summed E-state index contributed by atoms with van der Waals surface area (Å²) in [5.41, 5.74) is 0. The van der Waals surface area contributed by atoms with Crippen LogP contribution in [0, 0.1) is 12.7 Å². The quantitative estimate of drug-likeness (QED) is 0.736. The van der Waals surface area contributed by atoms with Gasteiger partial charge in [0.1, 0.15) is 18.2 Å². The first-order valence-electron chi connectivity index (χ1n) is 5.11. The summed E-state index contributed by atoms with van der Waals surface area (Å²) in [5, 5.41) is 0. The molecule has 86 valence electrons. The third-order valence-electron chi connectivity index (χ3n) is 2.45.